The fourth-order valence-electron chi connectivity index (χ4n) is 1.72. The summed E-state index contributed by atoms with van der Waals surface area (Å²) in [6.07, 6.45) is 0. The molecule has 19 heavy (non-hydrogen) atoms. The number of rotatable bonds is 5. The minimum atomic E-state index is 0.486. The molecule has 2 aromatic rings. The lowest BCUT2D eigenvalue weighted by Crippen LogP contribution is -2.06. The second-order valence-electron chi connectivity index (χ2n) is 4.35. The minimum absolute atomic E-state index is 0.486. The van der Waals surface area contributed by atoms with E-state index in [4.69, 9.17) is 9.47 Å². The van der Waals surface area contributed by atoms with Gasteiger partial charge in [0, 0.05) is 18.7 Å². The zero-order valence-electron chi connectivity index (χ0n) is 11.5. The van der Waals surface area contributed by atoms with Gasteiger partial charge in [0.15, 0.2) is 0 Å². The lowest BCUT2D eigenvalue weighted by Gasteiger charge is -2.08. The third-order valence-corrected chi connectivity index (χ3v) is 2.70. The summed E-state index contributed by atoms with van der Waals surface area (Å²) < 4.78 is 10.5. The largest absolute Gasteiger partial charge is 0.475 e. The standard InChI is InChI=1S/C15H18N2O2/c1-11-4-6-13(7-5-11)14-10-15(17-12(2)16-14)19-9-8-18-3/h4-7,10H,8-9H2,1-3H3. The number of hydrogen-bond donors (Lipinski definition) is 0. The van der Waals surface area contributed by atoms with Gasteiger partial charge in [-0.05, 0) is 13.8 Å². The molecule has 0 fully saturated rings. The van der Waals surface area contributed by atoms with Crippen molar-refractivity contribution in [1.82, 2.24) is 9.97 Å². The molecule has 1 aromatic heterocycles. The summed E-state index contributed by atoms with van der Waals surface area (Å²) in [7, 11) is 1.65. The highest BCUT2D eigenvalue weighted by atomic mass is 16.5. The molecule has 0 spiro atoms. The van der Waals surface area contributed by atoms with Gasteiger partial charge in [0.2, 0.25) is 5.88 Å². The molecule has 0 radical (unpaired) electrons. The van der Waals surface area contributed by atoms with Gasteiger partial charge in [-0.3, -0.25) is 0 Å². The molecule has 0 aliphatic heterocycles. The average Bonchev–Trinajstić information content (AvgIpc) is 2.39. The van der Waals surface area contributed by atoms with Crippen LogP contribution in [0.1, 0.15) is 11.4 Å². The lowest BCUT2D eigenvalue weighted by atomic mass is 10.1. The minimum Gasteiger partial charge on any atom is -0.475 e. The van der Waals surface area contributed by atoms with Crippen LogP contribution in [0.3, 0.4) is 0 Å². The molecule has 0 N–H and O–H groups in total. The Morgan fingerprint density at radius 1 is 1.00 bits per heavy atom. The molecule has 0 saturated heterocycles. The van der Waals surface area contributed by atoms with E-state index in [1.165, 1.54) is 5.56 Å². The van der Waals surface area contributed by atoms with Gasteiger partial charge in [-0.2, -0.15) is 4.98 Å². The van der Waals surface area contributed by atoms with Crippen molar-refractivity contribution in [3.63, 3.8) is 0 Å². The van der Waals surface area contributed by atoms with E-state index in [0.29, 0.717) is 24.9 Å². The van der Waals surface area contributed by atoms with Crippen LogP contribution in [-0.4, -0.2) is 30.3 Å². The zero-order chi connectivity index (χ0) is 13.7. The second kappa shape index (κ2) is 6.29. The Kier molecular flexibility index (Phi) is 4.47. The number of nitrogens with zero attached hydrogens (tertiary/aromatic N) is 2. The van der Waals surface area contributed by atoms with Gasteiger partial charge in [-0.1, -0.05) is 29.8 Å². The first-order valence-corrected chi connectivity index (χ1v) is 6.23. The Bertz CT molecular complexity index is 538. The molecule has 0 aliphatic carbocycles. The Morgan fingerprint density at radius 2 is 1.74 bits per heavy atom. The average molecular weight is 258 g/mol. The highest BCUT2D eigenvalue weighted by Crippen LogP contribution is 2.21. The molecule has 0 amide bonds. The van der Waals surface area contributed by atoms with Crippen LogP contribution in [-0.2, 0) is 4.74 Å². The van der Waals surface area contributed by atoms with E-state index in [-0.39, 0.29) is 0 Å². The van der Waals surface area contributed by atoms with Crippen LogP contribution < -0.4 is 4.74 Å². The van der Waals surface area contributed by atoms with Crippen LogP contribution >= 0.6 is 0 Å². The summed E-state index contributed by atoms with van der Waals surface area (Å²) >= 11 is 0. The fourth-order valence-corrected chi connectivity index (χ4v) is 1.72. The molecule has 0 bridgehead atoms. The van der Waals surface area contributed by atoms with E-state index in [1.54, 1.807) is 7.11 Å². The molecule has 1 heterocycles. The number of aromatic nitrogens is 2. The smallest absolute Gasteiger partial charge is 0.217 e. The van der Waals surface area contributed by atoms with E-state index >= 15 is 0 Å². The Hall–Kier alpha value is -1.94. The van der Waals surface area contributed by atoms with Gasteiger partial charge in [0.1, 0.15) is 12.4 Å². The number of aryl methyl sites for hydroxylation is 2. The van der Waals surface area contributed by atoms with Crippen molar-refractivity contribution in [1.29, 1.82) is 0 Å². The van der Waals surface area contributed by atoms with Crippen molar-refractivity contribution < 1.29 is 9.47 Å². The molecule has 100 valence electrons. The van der Waals surface area contributed by atoms with Crippen LogP contribution in [0.15, 0.2) is 30.3 Å². The summed E-state index contributed by atoms with van der Waals surface area (Å²) in [4.78, 5) is 8.70. The number of ether oxygens (including phenoxy) is 2. The fraction of sp³-hybridized carbons (Fsp3) is 0.333. The van der Waals surface area contributed by atoms with E-state index < -0.39 is 0 Å². The molecule has 0 atom stereocenters. The highest BCUT2D eigenvalue weighted by Gasteiger charge is 2.05. The first kappa shape index (κ1) is 13.5. The first-order valence-electron chi connectivity index (χ1n) is 6.23. The topological polar surface area (TPSA) is 44.2 Å². The van der Waals surface area contributed by atoms with Crippen molar-refractivity contribution >= 4 is 0 Å². The van der Waals surface area contributed by atoms with Crippen LogP contribution in [0, 0.1) is 13.8 Å². The summed E-state index contributed by atoms with van der Waals surface area (Å²) in [5.41, 5.74) is 3.17. The van der Waals surface area contributed by atoms with Crippen molar-refractivity contribution in [2.24, 2.45) is 0 Å². The Labute approximate surface area is 113 Å². The lowest BCUT2D eigenvalue weighted by molar-refractivity contribution is 0.143. The van der Waals surface area contributed by atoms with Crippen molar-refractivity contribution in [3.05, 3.63) is 41.7 Å². The number of hydrogen-bond acceptors (Lipinski definition) is 4. The van der Waals surface area contributed by atoms with E-state index in [1.807, 2.05) is 13.0 Å². The van der Waals surface area contributed by atoms with Gasteiger partial charge in [0.05, 0.1) is 12.3 Å². The predicted octanol–water partition coefficient (Wildman–Crippen LogP) is 2.79. The molecular weight excluding hydrogens is 240 g/mol. The molecule has 2 rings (SSSR count). The molecule has 0 saturated carbocycles. The molecular formula is C15H18N2O2. The van der Waals surface area contributed by atoms with E-state index in [0.717, 1.165) is 11.3 Å². The third-order valence-electron chi connectivity index (χ3n) is 2.70. The van der Waals surface area contributed by atoms with Crippen LogP contribution in [0.25, 0.3) is 11.3 Å². The van der Waals surface area contributed by atoms with Gasteiger partial charge < -0.3 is 9.47 Å². The third kappa shape index (κ3) is 3.76. The van der Waals surface area contributed by atoms with Crippen LogP contribution in [0.4, 0.5) is 0 Å². The van der Waals surface area contributed by atoms with Gasteiger partial charge in [0.25, 0.3) is 0 Å². The van der Waals surface area contributed by atoms with Crippen LogP contribution in [0.2, 0.25) is 0 Å². The Morgan fingerprint density at radius 3 is 2.42 bits per heavy atom. The SMILES string of the molecule is COCCOc1cc(-c2ccc(C)cc2)nc(C)n1. The summed E-state index contributed by atoms with van der Waals surface area (Å²) in [6.45, 7) is 4.96. The van der Waals surface area contributed by atoms with Crippen molar-refractivity contribution in [3.8, 4) is 17.1 Å². The maximum atomic E-state index is 5.54. The van der Waals surface area contributed by atoms with Crippen LogP contribution in [0.5, 0.6) is 5.88 Å². The summed E-state index contributed by atoms with van der Waals surface area (Å²) in [6, 6.07) is 10.1. The second-order valence-corrected chi connectivity index (χ2v) is 4.35. The first-order chi connectivity index (χ1) is 9.19. The van der Waals surface area contributed by atoms with Crippen molar-refractivity contribution in [2.45, 2.75) is 13.8 Å². The quantitative estimate of drug-likeness (QED) is 0.773. The maximum Gasteiger partial charge on any atom is 0.217 e. The highest BCUT2D eigenvalue weighted by molar-refractivity contribution is 5.60. The maximum absolute atomic E-state index is 5.54. The predicted molar refractivity (Wildman–Crippen MR) is 74.3 cm³/mol. The van der Waals surface area contributed by atoms with E-state index in [9.17, 15) is 0 Å². The molecule has 4 nitrogen and oxygen atoms in total. The molecule has 1 aromatic carbocycles. The molecule has 4 heteroatoms. The monoisotopic (exact) mass is 258 g/mol. The molecule has 0 aliphatic rings. The van der Waals surface area contributed by atoms with E-state index in [2.05, 4.69) is 41.2 Å². The van der Waals surface area contributed by atoms with Gasteiger partial charge in [-0.15, -0.1) is 0 Å². The molecule has 0 unspecified atom stereocenters. The zero-order valence-corrected chi connectivity index (χ0v) is 11.5. The van der Waals surface area contributed by atoms with Gasteiger partial charge >= 0.3 is 0 Å². The normalized spacial score (nSPS) is 10.5. The van der Waals surface area contributed by atoms with Gasteiger partial charge in [-0.25, -0.2) is 4.98 Å². The Balaban J connectivity index is 2.23. The number of methoxy groups -OCH3 is 1. The summed E-state index contributed by atoms with van der Waals surface area (Å²) in [5, 5.41) is 0. The number of benzene rings is 1. The summed E-state index contributed by atoms with van der Waals surface area (Å²) in [5.74, 6) is 1.28. The van der Waals surface area contributed by atoms with Crippen molar-refractivity contribution in [2.75, 3.05) is 20.3 Å².